The summed E-state index contributed by atoms with van der Waals surface area (Å²) in [6.45, 7) is 13.3. The molecule has 4 fully saturated rings. The van der Waals surface area contributed by atoms with Gasteiger partial charge in [-0.1, -0.05) is 69.6 Å². The molecule has 0 aliphatic carbocycles. The number of imidazole rings is 4. The average molecular weight is 2010 g/mol. The number of carbonyl (C=O) groups is 12. The van der Waals surface area contributed by atoms with Crippen LogP contribution in [0.2, 0.25) is 5.02 Å². The Morgan fingerprint density at radius 1 is 0.356 bits per heavy atom. The molecule has 0 bridgehead atoms. The van der Waals surface area contributed by atoms with Gasteiger partial charge in [0, 0.05) is 185 Å². The Hall–Kier alpha value is -16.0. The number of amides is 12. The summed E-state index contributed by atoms with van der Waals surface area (Å²) in [5.74, 6) is -7.31. The number of imide groups is 4. The first-order valence-corrected chi connectivity index (χ1v) is 48.4. The third-order valence-corrected chi connectivity index (χ3v) is 27.6. The van der Waals surface area contributed by atoms with Gasteiger partial charge in [0.05, 0.1) is 23.7 Å². The van der Waals surface area contributed by atoms with Gasteiger partial charge < -0.3 is 41.2 Å². The molecule has 146 heavy (non-hydrogen) atoms. The zero-order valence-corrected chi connectivity index (χ0v) is 84.8. The fraction of sp³-hybridized carbons (Fsp3) is 0.371. The number of anilines is 8. The first-order chi connectivity index (χ1) is 69.6. The average Bonchev–Trinajstić information content (AvgIpc) is 1.19. The van der Waals surface area contributed by atoms with Gasteiger partial charge in [0.25, 0.3) is 23.6 Å². The van der Waals surface area contributed by atoms with Crippen LogP contribution in [0.5, 0.6) is 0 Å². The molecular weight excluding hydrogens is 1890 g/mol. The minimum Gasteiger partial charge on any atom is -0.384 e. The summed E-state index contributed by atoms with van der Waals surface area (Å²) in [6.07, 6.45) is 24.7. The lowest BCUT2D eigenvalue weighted by Crippen LogP contribution is -2.69. The molecule has 2 aromatic carbocycles. The van der Waals surface area contributed by atoms with Crippen molar-refractivity contribution in [3.8, 4) is 0 Å². The number of benzene rings is 2. The molecular formula is C105H121ClF2N26O12. The number of halogens is 3. The minimum absolute atomic E-state index is 0.0561. The monoisotopic (exact) mass is 2010 g/mol. The molecule has 12 aromatic rings. The van der Waals surface area contributed by atoms with Crippen molar-refractivity contribution >= 4 is 130 Å². The highest BCUT2D eigenvalue weighted by Crippen LogP contribution is 2.43. The summed E-state index contributed by atoms with van der Waals surface area (Å²) in [5.41, 5.74) is 31.6. The number of aromatic nitrogens is 14. The molecule has 14 heterocycles. The molecule has 4 aliphatic heterocycles. The Morgan fingerprint density at radius 2 is 0.664 bits per heavy atom. The normalized spacial score (nSPS) is 17.9. The van der Waals surface area contributed by atoms with Gasteiger partial charge in [0.2, 0.25) is 71.1 Å². The first-order valence-electron chi connectivity index (χ1n) is 48.0. The lowest BCUT2D eigenvalue weighted by Gasteiger charge is -2.46. The number of aryl methyl sites for hydroxylation is 7. The van der Waals surface area contributed by atoms with Gasteiger partial charge in [-0.25, -0.2) is 48.7 Å². The lowest BCUT2D eigenvalue weighted by atomic mass is 9.80. The Labute approximate surface area is 849 Å². The van der Waals surface area contributed by atoms with Crippen LogP contribution in [-0.4, -0.2) is 211 Å². The van der Waals surface area contributed by atoms with E-state index in [1.54, 1.807) is 191 Å². The second-order valence-corrected chi connectivity index (χ2v) is 37.5. The van der Waals surface area contributed by atoms with Crippen LogP contribution in [0.15, 0.2) is 196 Å². The van der Waals surface area contributed by atoms with Crippen LogP contribution in [0.1, 0.15) is 164 Å². The molecule has 10 aromatic heterocycles. The molecule has 0 unspecified atom stereocenters. The van der Waals surface area contributed by atoms with E-state index in [1.165, 1.54) is 39.0 Å². The largest absolute Gasteiger partial charge is 0.384 e. The van der Waals surface area contributed by atoms with Gasteiger partial charge in [-0.2, -0.15) is 0 Å². The van der Waals surface area contributed by atoms with E-state index in [-0.39, 0.29) is 128 Å². The Morgan fingerprint density at radius 3 is 0.952 bits per heavy atom. The number of likely N-dealkylation sites (tertiary alicyclic amines) is 4. The molecule has 0 radical (unpaired) electrons. The van der Waals surface area contributed by atoms with Crippen molar-refractivity contribution in [1.29, 1.82) is 0 Å². The van der Waals surface area contributed by atoms with E-state index in [2.05, 4.69) is 49.8 Å². The molecule has 12 amide bonds. The standard InChI is InChI=1S/C27H33N7O3.C26H29ClN6O3.C26H28F2N6O3.C26H31N7O3/c1-6-19(20-8-7-16(2)30-15-20)14-23(35)34-24(26(37)33(5)27-29-9-10-32(27)4)21(25(34)36)12-18-11-17(3)31-22(28)13-18;1-4-17(18-7-5-6-8-20(18)27)15-22(34)33-23(25(36)32(3)26-30-11-12-31(26)2)19(24(33)35)13-16-9-10-29-21(28)14-16;1-4-16(18-14-17(27)5-6-20(18)28)13-22(35)34-23(25(37)33(3)26-31-9-10-32(26)2)19(24(34)36)11-15-7-8-30-21(29)12-15;1-5-18(19-7-6-16(2)30-15-19)14-22(34)33-23(25(36)32(4)26-29-10-11-31(26)3)20(24(33)35)12-17-8-9-28-21(27)13-17/h7-11,13,15,19,21,24H,6,12,14H2,1-5H3,(H2,28,31);5-12,14,17,19,23H,4,13,15H2,1-3H3,(H2,28,29);5-10,12,14,16,19,23H,4,11,13H2,1-3H3,(H2,29,30);6-11,13,15,18,20,23H,5,12,14H2,1-4H3,(H2,27,28)/t19-,21+,24-;17-,19+,23-;16-,19+,23-;18-,20+,23-/m0000/s1. The van der Waals surface area contributed by atoms with Crippen molar-refractivity contribution in [1.82, 2.24) is 87.7 Å². The van der Waals surface area contributed by atoms with Gasteiger partial charge in [-0.3, -0.25) is 107 Å². The van der Waals surface area contributed by atoms with Crippen LogP contribution in [0.3, 0.4) is 0 Å². The van der Waals surface area contributed by atoms with Crippen LogP contribution >= 0.6 is 11.6 Å². The molecule has 8 N–H and O–H groups in total. The van der Waals surface area contributed by atoms with Crippen molar-refractivity contribution in [2.75, 3.05) is 70.7 Å². The van der Waals surface area contributed by atoms with E-state index < -0.39 is 89.0 Å². The van der Waals surface area contributed by atoms with Crippen LogP contribution in [0.25, 0.3) is 0 Å². The number of β-lactam (4-membered cyclic amide) rings is 4. The maximum absolute atomic E-state index is 14.4. The van der Waals surface area contributed by atoms with Crippen molar-refractivity contribution < 1.29 is 66.3 Å². The molecule has 38 nitrogen and oxygen atoms in total. The van der Waals surface area contributed by atoms with Crippen LogP contribution < -0.4 is 42.5 Å². The minimum atomic E-state index is -1.09. The first kappa shape index (κ1) is 107. The predicted octanol–water partition coefficient (Wildman–Crippen LogP) is 10.8. The molecule has 764 valence electrons. The fourth-order valence-corrected chi connectivity index (χ4v) is 19.5. The topological polar surface area (TPSA) is 483 Å². The number of nitrogen functional groups attached to an aromatic ring is 4. The lowest BCUT2D eigenvalue weighted by molar-refractivity contribution is -0.171. The summed E-state index contributed by atoms with van der Waals surface area (Å²) in [6, 6.07) is 28.0. The molecule has 16 rings (SSSR count). The number of nitrogens with zero attached hydrogens (tertiary/aromatic N) is 22. The number of carbonyl (C=O) groups excluding carboxylic acids is 12. The summed E-state index contributed by atoms with van der Waals surface area (Å²) >= 11 is 6.38. The predicted molar refractivity (Wildman–Crippen MR) is 544 cm³/mol. The van der Waals surface area contributed by atoms with Crippen LogP contribution in [0, 0.1) is 56.1 Å². The smallest absolute Gasteiger partial charge is 0.253 e. The van der Waals surface area contributed by atoms with Crippen molar-refractivity contribution in [3.05, 3.63) is 274 Å². The number of rotatable bonds is 32. The molecule has 0 spiro atoms. The Balaban J connectivity index is 0.000000163. The summed E-state index contributed by atoms with van der Waals surface area (Å²) < 4.78 is 35.0. The van der Waals surface area contributed by atoms with Crippen molar-refractivity contribution in [2.24, 2.45) is 51.9 Å². The second-order valence-electron chi connectivity index (χ2n) is 37.1. The highest BCUT2D eigenvalue weighted by molar-refractivity contribution is 6.31. The number of likely N-dealkylation sites (N-methyl/N-ethyl adjacent to an activating group) is 4. The highest BCUT2D eigenvalue weighted by Gasteiger charge is 2.60. The summed E-state index contributed by atoms with van der Waals surface area (Å²) in [4.78, 5) is 213. The third-order valence-electron chi connectivity index (χ3n) is 27.2. The molecule has 0 saturated carbocycles. The number of hydrogen-bond acceptors (Lipinski definition) is 26. The van der Waals surface area contributed by atoms with E-state index in [4.69, 9.17) is 34.5 Å². The number of hydrogen-bond donors (Lipinski definition) is 4. The van der Waals surface area contributed by atoms with E-state index in [9.17, 15) is 66.3 Å². The Kier molecular flexibility index (Phi) is 34.5. The fourth-order valence-electron chi connectivity index (χ4n) is 19.2. The van der Waals surface area contributed by atoms with Gasteiger partial charge >= 0.3 is 0 Å². The molecule has 4 saturated heterocycles. The number of nitrogens with two attached hydrogens (primary N) is 4. The molecule has 41 heteroatoms. The quantitative estimate of drug-likeness (QED) is 0.0285. The maximum Gasteiger partial charge on any atom is 0.253 e. The van der Waals surface area contributed by atoms with E-state index in [1.807, 2.05) is 90.1 Å². The van der Waals surface area contributed by atoms with Crippen molar-refractivity contribution in [2.45, 2.75) is 173 Å². The zero-order valence-electron chi connectivity index (χ0n) is 84.1. The Bertz CT molecular complexity index is 6810. The van der Waals surface area contributed by atoms with Gasteiger partial charge in [-0.15, -0.1) is 0 Å². The second kappa shape index (κ2) is 47.0. The third kappa shape index (κ3) is 23.9. The van der Waals surface area contributed by atoms with Gasteiger partial charge in [0.15, 0.2) is 0 Å². The summed E-state index contributed by atoms with van der Waals surface area (Å²) in [5, 5.41) is 0.572. The van der Waals surface area contributed by atoms with E-state index in [0.29, 0.717) is 77.5 Å². The molecule has 12 atom stereocenters. The van der Waals surface area contributed by atoms with Crippen molar-refractivity contribution in [3.63, 3.8) is 0 Å². The summed E-state index contributed by atoms with van der Waals surface area (Å²) in [7, 11) is 13.4. The molecule has 4 aliphatic rings. The van der Waals surface area contributed by atoms with E-state index >= 15 is 0 Å². The van der Waals surface area contributed by atoms with Crippen LogP contribution in [-0.2, 0) is 111 Å². The SMILES string of the molecule is CC[C@@H](CC(=O)N1C(=O)[C@H](Cc2cc(C)nc(N)c2)[C@H]1C(=O)N(C)c1nccn1C)c1ccc(C)nc1.CC[C@@H](CC(=O)N1C(=O)[C@H](Cc2ccnc(N)c2)[C@H]1C(=O)N(C)c1nccn1C)c1cc(F)ccc1F.CC[C@@H](CC(=O)N1C(=O)[C@H](Cc2ccnc(N)c2)[C@H]1C(=O)N(C)c1nccn1C)c1ccc(C)nc1.CC[C@@H](CC(=O)N1C(=O)[C@H](Cc2ccnc(N)c2)[C@H]1C(=O)N(C)c1nccn1C)c1ccccc1Cl. The van der Waals surface area contributed by atoms with Gasteiger partial charge in [0.1, 0.15) is 59.1 Å². The number of pyridine rings is 6. The maximum atomic E-state index is 14.4. The van der Waals surface area contributed by atoms with Crippen LogP contribution in [0.4, 0.5) is 55.8 Å². The van der Waals surface area contributed by atoms with E-state index in [0.717, 1.165) is 88.3 Å². The zero-order chi connectivity index (χ0) is 106. The van der Waals surface area contributed by atoms with Gasteiger partial charge in [-0.05, 0) is 225 Å². The highest BCUT2D eigenvalue weighted by atomic mass is 35.5.